The van der Waals surface area contributed by atoms with E-state index in [1.807, 2.05) is 55.6 Å². The van der Waals surface area contributed by atoms with Gasteiger partial charge in [0.05, 0.1) is 0 Å². The Morgan fingerprint density at radius 3 is 2.52 bits per heavy atom. The Kier molecular flexibility index (Phi) is 3.19. The van der Waals surface area contributed by atoms with Crippen LogP contribution in [0, 0.1) is 0 Å². The van der Waals surface area contributed by atoms with Crippen LogP contribution in [0.25, 0.3) is 17.2 Å². The van der Waals surface area contributed by atoms with Crippen LogP contribution in [0.2, 0.25) is 0 Å². The van der Waals surface area contributed by atoms with E-state index in [0.29, 0.717) is 5.75 Å². The van der Waals surface area contributed by atoms with E-state index in [-0.39, 0.29) is 5.56 Å². The first-order valence-corrected chi connectivity index (χ1v) is 8.79. The number of carboxylic acid groups (broad SMARTS) is 1. The molecule has 4 nitrogen and oxygen atoms in total. The lowest BCUT2D eigenvalue weighted by molar-refractivity contribution is 0.0675. The normalized spacial score (nSPS) is 19.1. The van der Waals surface area contributed by atoms with Gasteiger partial charge in [0.2, 0.25) is 5.72 Å². The number of fused-ring (bicyclic) bond motifs is 5. The largest absolute Gasteiger partial charge is 0.478 e. The number of carboxylic acids is 1. The minimum absolute atomic E-state index is 0.168. The van der Waals surface area contributed by atoms with Crippen molar-refractivity contribution in [2.75, 3.05) is 11.9 Å². The van der Waals surface area contributed by atoms with Crippen LogP contribution in [0.4, 0.5) is 5.69 Å². The van der Waals surface area contributed by atoms with Gasteiger partial charge < -0.3 is 14.7 Å². The molecule has 2 aliphatic heterocycles. The molecule has 4 heteroatoms. The number of benzene rings is 3. The highest BCUT2D eigenvalue weighted by atomic mass is 16.5. The summed E-state index contributed by atoms with van der Waals surface area (Å²) in [5.74, 6) is -0.599. The number of para-hydroxylation sites is 2. The highest BCUT2D eigenvalue weighted by Gasteiger charge is 2.45. The molecule has 0 bridgehead atoms. The number of anilines is 1. The zero-order valence-electron chi connectivity index (χ0n) is 14.7. The fraction of sp³-hybridized carbons (Fsp3) is 0.0870. The van der Waals surface area contributed by atoms with E-state index in [2.05, 4.69) is 23.1 Å². The summed E-state index contributed by atoms with van der Waals surface area (Å²) in [6.45, 7) is 0. The number of aromatic carboxylic acids is 1. The first-order valence-electron chi connectivity index (χ1n) is 8.79. The van der Waals surface area contributed by atoms with Gasteiger partial charge in [0, 0.05) is 29.4 Å². The average Bonchev–Trinajstić information content (AvgIpc) is 2.71. The van der Waals surface area contributed by atoms with E-state index in [0.717, 1.165) is 27.9 Å². The monoisotopic (exact) mass is 355 g/mol. The maximum atomic E-state index is 11.8. The lowest BCUT2D eigenvalue weighted by Gasteiger charge is -2.47. The molecule has 1 unspecified atom stereocenters. The number of ether oxygens (including phenoxy) is 1. The van der Waals surface area contributed by atoms with Crippen LogP contribution in [0.1, 0.15) is 21.5 Å². The first kappa shape index (κ1) is 15.7. The second-order valence-electron chi connectivity index (χ2n) is 6.78. The van der Waals surface area contributed by atoms with Gasteiger partial charge in [0.1, 0.15) is 11.3 Å². The lowest BCUT2D eigenvalue weighted by atomic mass is 9.84. The molecule has 1 spiro atoms. The minimum Gasteiger partial charge on any atom is -0.478 e. The van der Waals surface area contributed by atoms with E-state index in [4.69, 9.17) is 4.74 Å². The van der Waals surface area contributed by atoms with Gasteiger partial charge in [-0.3, -0.25) is 0 Å². The highest BCUT2D eigenvalue weighted by Crippen LogP contribution is 2.50. The molecule has 2 aliphatic rings. The van der Waals surface area contributed by atoms with Crippen LogP contribution in [-0.4, -0.2) is 18.1 Å². The molecule has 0 saturated heterocycles. The van der Waals surface area contributed by atoms with Crippen molar-refractivity contribution in [1.82, 2.24) is 0 Å². The van der Waals surface area contributed by atoms with Gasteiger partial charge in [-0.1, -0.05) is 54.6 Å². The lowest BCUT2D eigenvalue weighted by Crippen LogP contribution is -2.50. The van der Waals surface area contributed by atoms with Crippen LogP contribution in [0.5, 0.6) is 5.75 Å². The number of carbonyl (C=O) groups is 1. The Labute approximate surface area is 156 Å². The third-order valence-electron chi connectivity index (χ3n) is 5.39. The zero-order valence-corrected chi connectivity index (χ0v) is 14.7. The Bertz CT molecular complexity index is 1120. The topological polar surface area (TPSA) is 49.8 Å². The summed E-state index contributed by atoms with van der Waals surface area (Å²) in [5, 5.41) is 9.63. The predicted octanol–water partition coefficient (Wildman–Crippen LogP) is 4.76. The van der Waals surface area contributed by atoms with Crippen LogP contribution >= 0.6 is 0 Å². The van der Waals surface area contributed by atoms with Gasteiger partial charge in [0.15, 0.2) is 0 Å². The number of likely N-dealkylation sites (N-methyl/N-ethyl adjacent to an activating group) is 1. The molecule has 0 radical (unpaired) electrons. The molecular weight excluding hydrogens is 338 g/mol. The van der Waals surface area contributed by atoms with E-state index in [1.165, 1.54) is 0 Å². The van der Waals surface area contributed by atoms with Crippen molar-refractivity contribution in [3.63, 3.8) is 0 Å². The molecule has 1 N–H and O–H groups in total. The highest BCUT2D eigenvalue weighted by molar-refractivity contribution is 5.93. The second-order valence-corrected chi connectivity index (χ2v) is 6.78. The van der Waals surface area contributed by atoms with Gasteiger partial charge in [-0.05, 0) is 29.8 Å². The van der Waals surface area contributed by atoms with Crippen molar-refractivity contribution in [3.05, 3.63) is 89.5 Å². The fourth-order valence-electron chi connectivity index (χ4n) is 4.07. The summed E-state index contributed by atoms with van der Waals surface area (Å²) in [6.07, 6.45) is 3.96. The second kappa shape index (κ2) is 5.48. The Morgan fingerprint density at radius 2 is 1.70 bits per heavy atom. The summed E-state index contributed by atoms with van der Waals surface area (Å²) >= 11 is 0. The maximum Gasteiger partial charge on any atom is 0.339 e. The summed E-state index contributed by atoms with van der Waals surface area (Å²) in [7, 11) is 1.98. The Balaban J connectivity index is 1.78. The molecule has 132 valence electrons. The molecule has 0 aliphatic carbocycles. The number of rotatable bonds is 1. The number of nitrogens with zero attached hydrogens (tertiary/aromatic N) is 1. The van der Waals surface area contributed by atoms with Crippen molar-refractivity contribution in [1.29, 1.82) is 0 Å². The average molecular weight is 355 g/mol. The molecule has 0 saturated carbocycles. The third-order valence-corrected chi connectivity index (χ3v) is 5.39. The first-order chi connectivity index (χ1) is 13.1. The van der Waals surface area contributed by atoms with Crippen LogP contribution in [-0.2, 0) is 5.72 Å². The summed E-state index contributed by atoms with van der Waals surface area (Å²) in [4.78, 5) is 13.8. The van der Waals surface area contributed by atoms with E-state index in [1.54, 1.807) is 12.1 Å². The zero-order chi connectivity index (χ0) is 18.6. The summed E-state index contributed by atoms with van der Waals surface area (Å²) in [6, 6.07) is 21.5. The molecule has 5 rings (SSSR count). The number of hydrogen-bond donors (Lipinski definition) is 1. The maximum absolute atomic E-state index is 11.8. The van der Waals surface area contributed by atoms with Crippen molar-refractivity contribution < 1.29 is 14.6 Å². The molecule has 3 aromatic rings. The van der Waals surface area contributed by atoms with Gasteiger partial charge in [-0.2, -0.15) is 0 Å². The molecule has 3 aromatic carbocycles. The van der Waals surface area contributed by atoms with Crippen molar-refractivity contribution >= 4 is 17.7 Å². The fourth-order valence-corrected chi connectivity index (χ4v) is 4.07. The van der Waals surface area contributed by atoms with Crippen molar-refractivity contribution in [2.45, 2.75) is 5.72 Å². The quantitative estimate of drug-likeness (QED) is 0.684. The molecule has 1 atom stereocenters. The standard InChI is InChI=1S/C23H17NO3/c1-24-20-12-5-3-9-17(20)16-8-2-4-11-19(16)23(24)14-13-15-7-6-10-18(22(25)26)21(15)27-23/h2-14H,1H3,(H,25,26). The number of hydrogen-bond acceptors (Lipinski definition) is 3. The van der Waals surface area contributed by atoms with Crippen LogP contribution < -0.4 is 9.64 Å². The minimum atomic E-state index is -0.996. The van der Waals surface area contributed by atoms with Gasteiger partial charge >= 0.3 is 5.97 Å². The summed E-state index contributed by atoms with van der Waals surface area (Å²) in [5.41, 5.74) is 4.29. The van der Waals surface area contributed by atoms with Crippen LogP contribution in [0.15, 0.2) is 72.8 Å². The summed E-state index contributed by atoms with van der Waals surface area (Å²) < 4.78 is 6.51. The van der Waals surface area contributed by atoms with Gasteiger partial charge in [0.25, 0.3) is 0 Å². The molecular formula is C23H17NO3. The smallest absolute Gasteiger partial charge is 0.339 e. The van der Waals surface area contributed by atoms with E-state index < -0.39 is 11.7 Å². The van der Waals surface area contributed by atoms with Crippen molar-refractivity contribution in [2.24, 2.45) is 0 Å². The third kappa shape index (κ3) is 2.07. The van der Waals surface area contributed by atoms with E-state index in [9.17, 15) is 9.90 Å². The molecule has 0 amide bonds. The predicted molar refractivity (Wildman–Crippen MR) is 105 cm³/mol. The molecule has 0 aromatic heterocycles. The van der Waals surface area contributed by atoms with Crippen LogP contribution in [0.3, 0.4) is 0 Å². The Morgan fingerprint density at radius 1 is 0.963 bits per heavy atom. The van der Waals surface area contributed by atoms with Gasteiger partial charge in [-0.15, -0.1) is 0 Å². The van der Waals surface area contributed by atoms with Gasteiger partial charge in [-0.25, -0.2) is 4.79 Å². The molecule has 2 heterocycles. The van der Waals surface area contributed by atoms with E-state index >= 15 is 0 Å². The molecule has 0 fully saturated rings. The molecule has 27 heavy (non-hydrogen) atoms. The SMILES string of the molecule is CN1c2ccccc2-c2ccccc2C12C=Cc1cccc(C(=O)O)c1O2. The Hall–Kier alpha value is -3.53. The van der Waals surface area contributed by atoms with Crippen molar-refractivity contribution in [3.8, 4) is 16.9 Å².